The molecule has 0 amide bonds. The van der Waals surface area contributed by atoms with E-state index in [0.717, 1.165) is 23.4 Å². The molecule has 1 aromatic heterocycles. The zero-order valence-corrected chi connectivity index (χ0v) is 13.0. The topological polar surface area (TPSA) is 66.6 Å². The second-order valence-electron chi connectivity index (χ2n) is 5.53. The normalized spacial score (nSPS) is 16.0. The number of oxazole rings is 1. The highest BCUT2D eigenvalue weighted by Gasteiger charge is 2.34. The first-order valence-electron chi connectivity index (χ1n) is 7.24. The van der Waals surface area contributed by atoms with Crippen LogP contribution in [-0.2, 0) is 6.54 Å². The molecule has 1 saturated carbocycles. The Kier molecular flexibility index (Phi) is 4.18. The van der Waals surface area contributed by atoms with Crippen LogP contribution in [0.5, 0.6) is 0 Å². The van der Waals surface area contributed by atoms with Crippen LogP contribution in [0.3, 0.4) is 0 Å². The Morgan fingerprint density at radius 1 is 1.50 bits per heavy atom. The number of aromatic nitrogens is 1. The summed E-state index contributed by atoms with van der Waals surface area (Å²) in [4.78, 5) is 17.2. The number of hydrogen-bond acceptors (Lipinski definition) is 4. The molecule has 6 heteroatoms. The second-order valence-corrected chi connectivity index (χ2v) is 5.94. The van der Waals surface area contributed by atoms with Gasteiger partial charge in [0.05, 0.1) is 6.54 Å². The molecule has 0 spiro atoms. The van der Waals surface area contributed by atoms with Crippen molar-refractivity contribution in [2.45, 2.75) is 38.4 Å². The van der Waals surface area contributed by atoms with Crippen molar-refractivity contribution in [1.29, 1.82) is 0 Å². The van der Waals surface area contributed by atoms with Gasteiger partial charge in [-0.15, -0.1) is 0 Å². The van der Waals surface area contributed by atoms with Crippen molar-refractivity contribution in [3.8, 4) is 0 Å². The monoisotopic (exact) mass is 320 g/mol. The molecule has 1 atom stereocenters. The molecule has 1 aromatic carbocycles. The van der Waals surface area contributed by atoms with Gasteiger partial charge in [0.25, 0.3) is 0 Å². The highest BCUT2D eigenvalue weighted by Crippen LogP contribution is 2.37. The van der Waals surface area contributed by atoms with Gasteiger partial charge in [0.2, 0.25) is 5.89 Å². The zero-order valence-electron chi connectivity index (χ0n) is 12.2. The molecule has 1 N–H and O–H groups in total. The van der Waals surface area contributed by atoms with Crippen LogP contribution in [0.15, 0.2) is 34.9 Å². The summed E-state index contributed by atoms with van der Waals surface area (Å²) in [6.45, 7) is 2.57. The molecule has 0 bridgehead atoms. The van der Waals surface area contributed by atoms with Gasteiger partial charge in [-0.05, 0) is 31.4 Å². The maximum absolute atomic E-state index is 10.9. The molecule has 0 saturated heterocycles. The van der Waals surface area contributed by atoms with Crippen LogP contribution in [-0.4, -0.2) is 27.0 Å². The third kappa shape index (κ3) is 3.15. The predicted octanol–water partition coefficient (Wildman–Crippen LogP) is 3.75. The number of benzene rings is 1. The molecule has 1 aliphatic rings. The lowest BCUT2D eigenvalue weighted by Crippen LogP contribution is -2.29. The Morgan fingerprint density at radius 2 is 2.23 bits per heavy atom. The van der Waals surface area contributed by atoms with Gasteiger partial charge in [-0.2, -0.15) is 0 Å². The number of carbonyl (C=O) groups is 1. The van der Waals surface area contributed by atoms with E-state index in [2.05, 4.69) is 16.8 Å². The van der Waals surface area contributed by atoms with E-state index in [1.165, 1.54) is 6.26 Å². The summed E-state index contributed by atoms with van der Waals surface area (Å²) in [7, 11) is 0. The van der Waals surface area contributed by atoms with Gasteiger partial charge < -0.3 is 9.52 Å². The molecular weight excluding hydrogens is 304 g/mol. The van der Waals surface area contributed by atoms with Gasteiger partial charge in [0.1, 0.15) is 6.26 Å². The highest BCUT2D eigenvalue weighted by molar-refractivity contribution is 6.31. The largest absolute Gasteiger partial charge is 0.476 e. The molecule has 0 radical (unpaired) electrons. The lowest BCUT2D eigenvalue weighted by molar-refractivity contribution is 0.0690. The summed E-state index contributed by atoms with van der Waals surface area (Å²) in [5, 5.41) is 9.66. The van der Waals surface area contributed by atoms with Crippen LogP contribution in [0.25, 0.3) is 0 Å². The first-order chi connectivity index (χ1) is 10.6. The minimum atomic E-state index is -1.08. The van der Waals surface area contributed by atoms with Crippen LogP contribution in [0.4, 0.5) is 0 Å². The van der Waals surface area contributed by atoms with E-state index in [1.54, 1.807) is 0 Å². The second kappa shape index (κ2) is 6.10. The summed E-state index contributed by atoms with van der Waals surface area (Å²) in [6.07, 6.45) is 3.44. The Hall–Kier alpha value is -1.85. The van der Waals surface area contributed by atoms with Gasteiger partial charge >= 0.3 is 5.97 Å². The number of carboxylic acid groups (broad SMARTS) is 1. The average molecular weight is 321 g/mol. The quantitative estimate of drug-likeness (QED) is 0.878. The van der Waals surface area contributed by atoms with E-state index < -0.39 is 5.97 Å². The van der Waals surface area contributed by atoms with Gasteiger partial charge in [0.15, 0.2) is 5.69 Å². The Bertz CT molecular complexity index is 682. The van der Waals surface area contributed by atoms with Crippen molar-refractivity contribution in [3.63, 3.8) is 0 Å². The van der Waals surface area contributed by atoms with E-state index in [4.69, 9.17) is 21.1 Å². The van der Waals surface area contributed by atoms with E-state index in [0.29, 0.717) is 18.5 Å². The Morgan fingerprint density at radius 3 is 2.82 bits per heavy atom. The molecule has 1 fully saturated rings. The smallest absolute Gasteiger partial charge is 0.357 e. The average Bonchev–Trinajstić information content (AvgIpc) is 3.22. The maximum atomic E-state index is 10.9. The van der Waals surface area contributed by atoms with Crippen LogP contribution in [0.2, 0.25) is 5.02 Å². The lowest BCUT2D eigenvalue weighted by Gasteiger charge is -2.28. The number of carboxylic acids is 1. The van der Waals surface area contributed by atoms with Gasteiger partial charge in [-0.25, -0.2) is 9.78 Å². The third-order valence-corrected chi connectivity index (χ3v) is 4.30. The number of nitrogens with zero attached hydrogens (tertiary/aromatic N) is 2. The Labute approximate surface area is 133 Å². The number of hydrogen-bond donors (Lipinski definition) is 1. The minimum Gasteiger partial charge on any atom is -0.476 e. The summed E-state index contributed by atoms with van der Waals surface area (Å²) in [5.74, 6) is -0.657. The van der Waals surface area contributed by atoms with E-state index >= 15 is 0 Å². The van der Waals surface area contributed by atoms with E-state index in [9.17, 15) is 4.79 Å². The molecule has 1 unspecified atom stereocenters. The van der Waals surface area contributed by atoms with Crippen LogP contribution in [0.1, 0.15) is 47.7 Å². The van der Waals surface area contributed by atoms with Crippen molar-refractivity contribution < 1.29 is 14.3 Å². The van der Waals surface area contributed by atoms with Crippen molar-refractivity contribution in [3.05, 3.63) is 52.7 Å². The van der Waals surface area contributed by atoms with E-state index in [-0.39, 0.29) is 11.7 Å². The van der Waals surface area contributed by atoms with Gasteiger partial charge in [-0.3, -0.25) is 4.90 Å². The number of rotatable bonds is 6. The first kappa shape index (κ1) is 15.1. The summed E-state index contributed by atoms with van der Waals surface area (Å²) in [6, 6.07) is 8.35. The van der Waals surface area contributed by atoms with Crippen molar-refractivity contribution in [2.75, 3.05) is 0 Å². The van der Waals surface area contributed by atoms with Crippen LogP contribution in [0, 0.1) is 0 Å². The van der Waals surface area contributed by atoms with Gasteiger partial charge in [-0.1, -0.05) is 29.8 Å². The summed E-state index contributed by atoms with van der Waals surface area (Å²) >= 11 is 6.29. The molecule has 116 valence electrons. The molecule has 0 aliphatic heterocycles. The molecular formula is C16H17ClN2O3. The van der Waals surface area contributed by atoms with Crippen LogP contribution < -0.4 is 0 Å². The summed E-state index contributed by atoms with van der Waals surface area (Å²) in [5.41, 5.74) is 0.997. The maximum Gasteiger partial charge on any atom is 0.357 e. The highest BCUT2D eigenvalue weighted by atomic mass is 35.5. The molecule has 1 heterocycles. The number of halogens is 1. The lowest BCUT2D eigenvalue weighted by atomic mass is 10.1. The van der Waals surface area contributed by atoms with Crippen molar-refractivity contribution in [2.24, 2.45) is 0 Å². The third-order valence-electron chi connectivity index (χ3n) is 3.96. The molecule has 5 nitrogen and oxygen atoms in total. The minimum absolute atomic E-state index is 0.0591. The molecule has 1 aliphatic carbocycles. The predicted molar refractivity (Wildman–Crippen MR) is 81.9 cm³/mol. The van der Waals surface area contributed by atoms with E-state index in [1.807, 2.05) is 24.3 Å². The Balaban J connectivity index is 1.80. The molecule has 2 aromatic rings. The molecule has 3 rings (SSSR count). The summed E-state index contributed by atoms with van der Waals surface area (Å²) < 4.78 is 5.28. The standard InChI is InChI=1S/C16H17ClN2O3/c1-10(12-4-2-3-5-13(12)17)19(11-6-7-11)8-15-18-14(9-22-15)16(20)21/h2-5,9-11H,6-8H2,1H3,(H,20,21). The number of aromatic carboxylic acids is 1. The SMILES string of the molecule is CC(c1ccccc1Cl)N(Cc1nc(C(=O)O)co1)C1CC1. The first-order valence-corrected chi connectivity index (χ1v) is 7.62. The van der Waals surface area contributed by atoms with Gasteiger partial charge in [0, 0.05) is 17.1 Å². The van der Waals surface area contributed by atoms with Crippen molar-refractivity contribution in [1.82, 2.24) is 9.88 Å². The fraction of sp³-hybridized carbons (Fsp3) is 0.375. The fourth-order valence-corrected chi connectivity index (χ4v) is 2.91. The molecule has 22 heavy (non-hydrogen) atoms. The zero-order chi connectivity index (χ0) is 15.7. The fourth-order valence-electron chi connectivity index (χ4n) is 2.62. The van der Waals surface area contributed by atoms with Crippen LogP contribution >= 0.6 is 11.6 Å². The van der Waals surface area contributed by atoms with Crippen molar-refractivity contribution >= 4 is 17.6 Å².